The van der Waals surface area contributed by atoms with Gasteiger partial charge in [-0.1, -0.05) is 6.92 Å². The first-order chi connectivity index (χ1) is 8.52. The van der Waals surface area contributed by atoms with Gasteiger partial charge in [-0.2, -0.15) is 0 Å². The molecular weight excluding hydrogens is 234 g/mol. The molecule has 1 fully saturated rings. The second-order valence-electron chi connectivity index (χ2n) is 5.06. The number of carbonyl (C=O) groups is 2. The van der Waals surface area contributed by atoms with Crippen LogP contribution in [0.2, 0.25) is 0 Å². The van der Waals surface area contributed by atoms with Gasteiger partial charge in [0.1, 0.15) is 0 Å². The molecule has 0 aromatic heterocycles. The molecular formula is C12H23N3O3. The average molecular weight is 257 g/mol. The summed E-state index contributed by atoms with van der Waals surface area (Å²) in [7, 11) is 0. The molecule has 2 amide bonds. The van der Waals surface area contributed by atoms with Crippen molar-refractivity contribution in [1.82, 2.24) is 10.2 Å². The summed E-state index contributed by atoms with van der Waals surface area (Å²) in [6, 6.07) is -0.0619. The van der Waals surface area contributed by atoms with Gasteiger partial charge in [0, 0.05) is 26.1 Å². The van der Waals surface area contributed by atoms with Crippen LogP contribution in [0, 0.1) is 11.8 Å². The molecule has 1 saturated heterocycles. The largest absolute Gasteiger partial charge is 0.481 e. The van der Waals surface area contributed by atoms with E-state index in [1.165, 1.54) is 0 Å². The highest BCUT2D eigenvalue weighted by molar-refractivity contribution is 5.74. The zero-order valence-corrected chi connectivity index (χ0v) is 10.9. The summed E-state index contributed by atoms with van der Waals surface area (Å²) in [5.74, 6) is -0.198. The molecule has 0 spiro atoms. The Labute approximate surface area is 108 Å². The van der Waals surface area contributed by atoms with Crippen molar-refractivity contribution in [3.63, 3.8) is 0 Å². The number of carbonyl (C=O) groups excluding carboxylic acids is 1. The van der Waals surface area contributed by atoms with Crippen LogP contribution in [0.4, 0.5) is 4.79 Å². The zero-order chi connectivity index (χ0) is 13.5. The van der Waals surface area contributed by atoms with E-state index in [0.29, 0.717) is 25.4 Å². The highest BCUT2D eigenvalue weighted by Crippen LogP contribution is 2.14. The molecule has 0 bridgehead atoms. The summed E-state index contributed by atoms with van der Waals surface area (Å²) in [6.45, 7) is 4.58. The Morgan fingerprint density at radius 3 is 2.83 bits per heavy atom. The van der Waals surface area contributed by atoms with Crippen LogP contribution < -0.4 is 11.1 Å². The predicted molar refractivity (Wildman–Crippen MR) is 68.2 cm³/mol. The van der Waals surface area contributed by atoms with E-state index in [9.17, 15) is 9.59 Å². The maximum absolute atomic E-state index is 11.8. The van der Waals surface area contributed by atoms with E-state index in [4.69, 9.17) is 10.8 Å². The van der Waals surface area contributed by atoms with E-state index in [1.54, 1.807) is 4.90 Å². The van der Waals surface area contributed by atoms with E-state index in [0.717, 1.165) is 19.5 Å². The zero-order valence-electron chi connectivity index (χ0n) is 10.9. The van der Waals surface area contributed by atoms with E-state index in [1.807, 2.05) is 6.92 Å². The van der Waals surface area contributed by atoms with Crippen LogP contribution in [0.25, 0.3) is 0 Å². The van der Waals surface area contributed by atoms with Crippen molar-refractivity contribution in [3.05, 3.63) is 0 Å². The van der Waals surface area contributed by atoms with Crippen LogP contribution in [0.5, 0.6) is 0 Å². The molecule has 104 valence electrons. The van der Waals surface area contributed by atoms with Gasteiger partial charge in [-0.25, -0.2) is 4.79 Å². The van der Waals surface area contributed by atoms with Crippen molar-refractivity contribution in [1.29, 1.82) is 0 Å². The van der Waals surface area contributed by atoms with Crippen LogP contribution in [0.1, 0.15) is 26.2 Å². The molecule has 0 aromatic rings. The lowest BCUT2D eigenvalue weighted by atomic mass is 10.1. The van der Waals surface area contributed by atoms with Gasteiger partial charge in [0.2, 0.25) is 0 Å². The van der Waals surface area contributed by atoms with Crippen LogP contribution in [0.15, 0.2) is 0 Å². The average Bonchev–Trinajstić information content (AvgIpc) is 2.82. The lowest BCUT2D eigenvalue weighted by Crippen LogP contribution is -2.40. The number of carboxylic acid groups (broad SMARTS) is 1. The fraction of sp³-hybridized carbons (Fsp3) is 0.833. The normalized spacial score (nSPS) is 20.8. The molecule has 1 heterocycles. The SMILES string of the molecule is CC(CCC(=O)O)CNC(=O)N1CCC(CN)C1. The number of urea groups is 1. The Bertz CT molecular complexity index is 296. The molecule has 2 unspecified atom stereocenters. The van der Waals surface area contributed by atoms with E-state index >= 15 is 0 Å². The quantitative estimate of drug-likeness (QED) is 0.645. The summed E-state index contributed by atoms with van der Waals surface area (Å²) >= 11 is 0. The summed E-state index contributed by atoms with van der Waals surface area (Å²) in [4.78, 5) is 24.0. The number of nitrogens with one attached hydrogen (secondary N) is 1. The number of nitrogens with zero attached hydrogens (tertiary/aromatic N) is 1. The van der Waals surface area contributed by atoms with Gasteiger partial charge in [0.05, 0.1) is 0 Å². The third kappa shape index (κ3) is 4.91. The van der Waals surface area contributed by atoms with E-state index in [-0.39, 0.29) is 18.4 Å². The van der Waals surface area contributed by atoms with Gasteiger partial charge in [-0.15, -0.1) is 0 Å². The number of nitrogens with two attached hydrogens (primary N) is 1. The first-order valence-corrected chi connectivity index (χ1v) is 6.47. The molecule has 0 radical (unpaired) electrons. The standard InChI is InChI=1S/C12H23N3O3/c1-9(2-3-11(16)17)7-14-12(18)15-5-4-10(6-13)8-15/h9-10H,2-8,13H2,1H3,(H,14,18)(H,16,17). The molecule has 0 saturated carbocycles. The van der Waals surface area contributed by atoms with Crippen LogP contribution in [0.3, 0.4) is 0 Å². The minimum absolute atomic E-state index is 0.0619. The summed E-state index contributed by atoms with van der Waals surface area (Å²) in [6.07, 6.45) is 1.70. The minimum Gasteiger partial charge on any atom is -0.481 e. The Morgan fingerprint density at radius 2 is 2.28 bits per heavy atom. The molecule has 1 aliphatic heterocycles. The Kier molecular flexibility index (Phi) is 5.91. The summed E-state index contributed by atoms with van der Waals surface area (Å²) in [5, 5.41) is 11.4. The maximum atomic E-state index is 11.8. The van der Waals surface area contributed by atoms with Crippen molar-refractivity contribution < 1.29 is 14.7 Å². The second kappa shape index (κ2) is 7.20. The third-order valence-electron chi connectivity index (χ3n) is 3.36. The van der Waals surface area contributed by atoms with Gasteiger partial charge in [-0.05, 0) is 31.2 Å². The predicted octanol–water partition coefficient (Wildman–Crippen LogP) is 0.478. The molecule has 6 nitrogen and oxygen atoms in total. The molecule has 1 aliphatic rings. The number of carboxylic acids is 1. The molecule has 1 rings (SSSR count). The van der Waals surface area contributed by atoms with Crippen LogP contribution in [-0.4, -0.2) is 48.2 Å². The molecule has 6 heteroatoms. The van der Waals surface area contributed by atoms with Gasteiger partial charge in [0.25, 0.3) is 0 Å². The third-order valence-corrected chi connectivity index (χ3v) is 3.36. The number of hydrogen-bond acceptors (Lipinski definition) is 3. The molecule has 0 aromatic carbocycles. The Balaban J connectivity index is 2.18. The molecule has 4 N–H and O–H groups in total. The van der Waals surface area contributed by atoms with Crippen molar-refractivity contribution >= 4 is 12.0 Å². The summed E-state index contributed by atoms with van der Waals surface area (Å²) in [5.41, 5.74) is 5.57. The first kappa shape index (κ1) is 14.8. The van der Waals surface area contributed by atoms with E-state index < -0.39 is 5.97 Å². The van der Waals surface area contributed by atoms with Gasteiger partial charge in [0.15, 0.2) is 0 Å². The topological polar surface area (TPSA) is 95.7 Å². The Morgan fingerprint density at radius 1 is 1.56 bits per heavy atom. The van der Waals surface area contributed by atoms with E-state index in [2.05, 4.69) is 5.32 Å². The highest BCUT2D eigenvalue weighted by Gasteiger charge is 2.25. The fourth-order valence-corrected chi connectivity index (χ4v) is 2.05. The van der Waals surface area contributed by atoms with Crippen molar-refractivity contribution in [3.8, 4) is 0 Å². The number of hydrogen-bond donors (Lipinski definition) is 3. The van der Waals surface area contributed by atoms with Crippen LogP contribution >= 0.6 is 0 Å². The molecule has 0 aliphatic carbocycles. The lowest BCUT2D eigenvalue weighted by Gasteiger charge is -2.19. The minimum atomic E-state index is -0.793. The summed E-state index contributed by atoms with van der Waals surface area (Å²) < 4.78 is 0. The van der Waals surface area contributed by atoms with Crippen molar-refractivity contribution in [2.45, 2.75) is 26.2 Å². The fourth-order valence-electron chi connectivity index (χ4n) is 2.05. The second-order valence-corrected chi connectivity index (χ2v) is 5.06. The monoisotopic (exact) mass is 257 g/mol. The number of amides is 2. The number of likely N-dealkylation sites (tertiary alicyclic amines) is 1. The maximum Gasteiger partial charge on any atom is 0.317 e. The first-order valence-electron chi connectivity index (χ1n) is 6.47. The van der Waals surface area contributed by atoms with Crippen molar-refractivity contribution in [2.75, 3.05) is 26.2 Å². The highest BCUT2D eigenvalue weighted by atomic mass is 16.4. The lowest BCUT2D eigenvalue weighted by molar-refractivity contribution is -0.137. The van der Waals surface area contributed by atoms with Crippen LogP contribution in [-0.2, 0) is 4.79 Å². The molecule has 2 atom stereocenters. The van der Waals surface area contributed by atoms with Gasteiger partial charge < -0.3 is 21.1 Å². The molecule has 18 heavy (non-hydrogen) atoms. The number of rotatable bonds is 6. The van der Waals surface area contributed by atoms with Crippen molar-refractivity contribution in [2.24, 2.45) is 17.6 Å². The smallest absolute Gasteiger partial charge is 0.317 e. The van der Waals surface area contributed by atoms with Gasteiger partial charge >= 0.3 is 12.0 Å². The van der Waals surface area contributed by atoms with Gasteiger partial charge in [-0.3, -0.25) is 4.79 Å². The number of aliphatic carboxylic acids is 1. The Hall–Kier alpha value is -1.30.